The number of nitrogens with one attached hydrogen (secondary N) is 2. The molecule has 4 heterocycles. The van der Waals surface area contributed by atoms with Crippen molar-refractivity contribution in [2.24, 2.45) is 0 Å². The zero-order valence-corrected chi connectivity index (χ0v) is 17.8. The average molecular weight is 424 g/mol. The van der Waals surface area contributed by atoms with Crippen LogP contribution >= 0.6 is 22.7 Å². The van der Waals surface area contributed by atoms with E-state index in [9.17, 15) is 4.79 Å². The van der Waals surface area contributed by atoms with E-state index in [0.29, 0.717) is 11.4 Å². The average Bonchev–Trinajstić information content (AvgIpc) is 3.40. The highest BCUT2D eigenvalue weighted by Crippen LogP contribution is 2.35. The number of fused-ring (bicyclic) bond motifs is 1. The lowest BCUT2D eigenvalue weighted by Gasteiger charge is -2.16. The maximum Gasteiger partial charge on any atom is 0.262 e. The number of aromatic nitrogens is 3. The van der Waals surface area contributed by atoms with E-state index in [-0.39, 0.29) is 11.9 Å². The molecule has 6 nitrogen and oxygen atoms in total. The molecule has 0 fully saturated rings. The fourth-order valence-corrected chi connectivity index (χ4v) is 5.11. The Hall–Kier alpha value is -2.84. The van der Waals surface area contributed by atoms with Gasteiger partial charge in [-0.1, -0.05) is 19.1 Å². The fraction of sp³-hybridized carbons (Fsp3) is 0.238. The zero-order valence-electron chi connectivity index (χ0n) is 16.2. The molecule has 4 rings (SSSR count). The summed E-state index contributed by atoms with van der Waals surface area (Å²) in [6.07, 6.45) is 4.21. The molecule has 0 spiro atoms. The quantitative estimate of drug-likeness (QED) is 0.440. The number of hydrogen-bond donors (Lipinski definition) is 2. The van der Waals surface area contributed by atoms with Crippen LogP contribution in [0.15, 0.2) is 48.2 Å². The normalized spacial score (nSPS) is 12.1. The van der Waals surface area contributed by atoms with Crippen molar-refractivity contribution >= 4 is 44.6 Å². The molecule has 0 saturated heterocycles. The van der Waals surface area contributed by atoms with E-state index >= 15 is 0 Å². The minimum absolute atomic E-state index is 0.118. The minimum atomic E-state index is -0.118. The van der Waals surface area contributed by atoms with Crippen molar-refractivity contribution in [3.8, 4) is 0 Å². The van der Waals surface area contributed by atoms with Gasteiger partial charge in [0.1, 0.15) is 17.0 Å². The topological polar surface area (TPSA) is 79.8 Å². The zero-order chi connectivity index (χ0) is 20.2. The van der Waals surface area contributed by atoms with Gasteiger partial charge in [-0.3, -0.25) is 9.78 Å². The first-order chi connectivity index (χ1) is 14.2. The molecule has 0 aliphatic carbocycles. The van der Waals surface area contributed by atoms with E-state index in [1.165, 1.54) is 16.2 Å². The molecule has 0 radical (unpaired) electrons. The summed E-state index contributed by atoms with van der Waals surface area (Å²) in [4.78, 5) is 28.6. The SMILES string of the molecule is CC[C@@H](Nc1ncnc2sc(C(=O)NCc3ccccn3)c(C)c12)c1cccs1. The molecular formula is C21H21N5OS2. The maximum atomic E-state index is 12.8. The molecule has 2 N–H and O–H groups in total. The second kappa shape index (κ2) is 8.67. The Bertz CT molecular complexity index is 1110. The van der Waals surface area contributed by atoms with Crippen LogP contribution in [0, 0.1) is 6.92 Å². The highest BCUT2D eigenvalue weighted by Gasteiger charge is 2.21. The Labute approximate surface area is 177 Å². The number of hydrogen-bond acceptors (Lipinski definition) is 7. The Morgan fingerprint density at radius 2 is 2.07 bits per heavy atom. The number of carbonyl (C=O) groups excluding carboxylic acids is 1. The van der Waals surface area contributed by atoms with E-state index in [2.05, 4.69) is 50.0 Å². The van der Waals surface area contributed by atoms with Gasteiger partial charge < -0.3 is 10.6 Å². The lowest BCUT2D eigenvalue weighted by molar-refractivity contribution is 0.0954. The first kappa shape index (κ1) is 19.5. The number of amides is 1. The van der Waals surface area contributed by atoms with E-state index in [1.54, 1.807) is 23.9 Å². The fourth-order valence-electron chi connectivity index (χ4n) is 3.18. The van der Waals surface area contributed by atoms with Gasteiger partial charge in [-0.05, 0) is 42.5 Å². The molecule has 0 saturated carbocycles. The summed E-state index contributed by atoms with van der Waals surface area (Å²) in [5.41, 5.74) is 1.72. The number of thiophene rings is 2. The van der Waals surface area contributed by atoms with Crippen LogP contribution in [0.3, 0.4) is 0 Å². The van der Waals surface area contributed by atoms with Crippen molar-refractivity contribution in [3.63, 3.8) is 0 Å². The van der Waals surface area contributed by atoms with Crippen molar-refractivity contribution in [2.75, 3.05) is 5.32 Å². The van der Waals surface area contributed by atoms with Gasteiger partial charge in [0.05, 0.1) is 28.5 Å². The summed E-state index contributed by atoms with van der Waals surface area (Å²) < 4.78 is 0. The first-order valence-electron chi connectivity index (χ1n) is 9.39. The number of anilines is 1. The highest BCUT2D eigenvalue weighted by atomic mass is 32.1. The van der Waals surface area contributed by atoms with Crippen molar-refractivity contribution in [2.45, 2.75) is 32.9 Å². The lowest BCUT2D eigenvalue weighted by atomic mass is 10.1. The molecule has 0 bridgehead atoms. The number of carbonyl (C=O) groups is 1. The van der Waals surface area contributed by atoms with Crippen LogP contribution in [0.1, 0.15) is 45.2 Å². The maximum absolute atomic E-state index is 12.8. The smallest absolute Gasteiger partial charge is 0.262 e. The summed E-state index contributed by atoms with van der Waals surface area (Å²) in [5, 5.41) is 9.49. The number of rotatable bonds is 7. The van der Waals surface area contributed by atoms with Gasteiger partial charge in [0.25, 0.3) is 5.91 Å². The largest absolute Gasteiger partial charge is 0.362 e. The summed E-state index contributed by atoms with van der Waals surface area (Å²) in [7, 11) is 0. The van der Waals surface area contributed by atoms with Crippen LogP contribution < -0.4 is 10.6 Å². The van der Waals surface area contributed by atoms with Crippen LogP contribution in [-0.2, 0) is 6.54 Å². The third kappa shape index (κ3) is 4.13. The molecule has 29 heavy (non-hydrogen) atoms. The van der Waals surface area contributed by atoms with Gasteiger partial charge in [-0.25, -0.2) is 9.97 Å². The third-order valence-electron chi connectivity index (χ3n) is 4.70. The predicted molar refractivity (Wildman–Crippen MR) is 119 cm³/mol. The van der Waals surface area contributed by atoms with Crippen LogP contribution in [0.2, 0.25) is 0 Å². The minimum Gasteiger partial charge on any atom is -0.362 e. The molecule has 0 aliphatic rings. The van der Waals surface area contributed by atoms with Gasteiger partial charge in [0.2, 0.25) is 0 Å². The van der Waals surface area contributed by atoms with Gasteiger partial charge >= 0.3 is 0 Å². The van der Waals surface area contributed by atoms with E-state index in [4.69, 9.17) is 0 Å². The Kier molecular flexibility index (Phi) is 5.82. The van der Waals surface area contributed by atoms with Crippen LogP contribution in [-0.4, -0.2) is 20.9 Å². The number of aryl methyl sites for hydroxylation is 1. The monoisotopic (exact) mass is 423 g/mol. The molecule has 1 atom stereocenters. The van der Waals surface area contributed by atoms with Crippen molar-refractivity contribution in [1.82, 2.24) is 20.3 Å². The van der Waals surface area contributed by atoms with Crippen molar-refractivity contribution in [1.29, 1.82) is 0 Å². The van der Waals surface area contributed by atoms with Gasteiger partial charge in [-0.2, -0.15) is 0 Å². The third-order valence-corrected chi connectivity index (χ3v) is 6.88. The van der Waals surface area contributed by atoms with Gasteiger partial charge in [0, 0.05) is 11.1 Å². The van der Waals surface area contributed by atoms with Crippen LogP contribution in [0.5, 0.6) is 0 Å². The molecule has 0 aliphatic heterocycles. The molecule has 4 aromatic rings. The molecule has 8 heteroatoms. The second-order valence-electron chi connectivity index (χ2n) is 6.58. The van der Waals surface area contributed by atoms with E-state index in [0.717, 1.165) is 33.7 Å². The molecular weight excluding hydrogens is 402 g/mol. The van der Waals surface area contributed by atoms with Gasteiger partial charge in [0.15, 0.2) is 0 Å². The highest BCUT2D eigenvalue weighted by molar-refractivity contribution is 7.20. The molecule has 0 unspecified atom stereocenters. The standard InChI is InChI=1S/C21H21N5OS2/c1-3-15(16-8-6-10-28-16)26-19-17-13(2)18(29-21(17)25-12-24-19)20(27)23-11-14-7-4-5-9-22-14/h4-10,12,15H,3,11H2,1-2H3,(H,23,27)(H,24,25,26)/t15-/m1/s1. The first-order valence-corrected chi connectivity index (χ1v) is 11.1. The predicted octanol–water partition coefficient (Wildman–Crippen LogP) is 4.95. The molecule has 0 aromatic carbocycles. The van der Waals surface area contributed by atoms with Gasteiger partial charge in [-0.15, -0.1) is 22.7 Å². The Morgan fingerprint density at radius 1 is 1.17 bits per heavy atom. The number of pyridine rings is 1. The summed E-state index contributed by atoms with van der Waals surface area (Å²) in [6.45, 7) is 4.49. The molecule has 1 amide bonds. The second-order valence-corrected chi connectivity index (χ2v) is 8.56. The number of nitrogens with zero attached hydrogens (tertiary/aromatic N) is 3. The summed E-state index contributed by atoms with van der Waals surface area (Å²) in [6, 6.07) is 10.0. The van der Waals surface area contributed by atoms with Crippen molar-refractivity contribution < 1.29 is 4.79 Å². The molecule has 148 valence electrons. The Morgan fingerprint density at radius 3 is 2.79 bits per heavy atom. The Balaban J connectivity index is 1.60. The molecule has 4 aromatic heterocycles. The van der Waals surface area contributed by atoms with Crippen LogP contribution in [0.25, 0.3) is 10.2 Å². The lowest BCUT2D eigenvalue weighted by Crippen LogP contribution is -2.23. The summed E-state index contributed by atoms with van der Waals surface area (Å²) in [5.74, 6) is 0.653. The van der Waals surface area contributed by atoms with Crippen LogP contribution in [0.4, 0.5) is 5.82 Å². The van der Waals surface area contributed by atoms with E-state index < -0.39 is 0 Å². The summed E-state index contributed by atoms with van der Waals surface area (Å²) >= 11 is 3.12. The van der Waals surface area contributed by atoms with Crippen molar-refractivity contribution in [3.05, 3.63) is 69.2 Å². The van der Waals surface area contributed by atoms with E-state index in [1.807, 2.05) is 25.1 Å².